The second-order valence-electron chi connectivity index (χ2n) is 11.3. The first-order chi connectivity index (χ1) is 23.5. The largest absolute Gasteiger partial charge is 0.378 e. The van der Waals surface area contributed by atoms with E-state index in [4.69, 9.17) is 19.4 Å². The Bertz CT molecular complexity index is 1950. The smallest absolute Gasteiger partial charge is 0.276 e. The zero-order valence-corrected chi connectivity index (χ0v) is 26.2. The molecule has 2 amide bonds. The molecule has 5 aromatic rings. The highest BCUT2D eigenvalue weighted by Crippen LogP contribution is 2.32. The van der Waals surface area contributed by atoms with Crippen molar-refractivity contribution in [3.63, 3.8) is 0 Å². The molecular weight excluding hydrogens is 610 g/mol. The highest BCUT2D eigenvalue weighted by atomic mass is 16.5. The highest BCUT2D eigenvalue weighted by molar-refractivity contribution is 6.14. The maximum Gasteiger partial charge on any atom is 0.276 e. The number of aromatic nitrogens is 4. The van der Waals surface area contributed by atoms with Gasteiger partial charge in [-0.25, -0.2) is 4.98 Å². The van der Waals surface area contributed by atoms with Crippen molar-refractivity contribution in [2.75, 3.05) is 78.4 Å². The van der Waals surface area contributed by atoms with E-state index in [-0.39, 0.29) is 11.6 Å². The minimum Gasteiger partial charge on any atom is -0.378 e. The van der Waals surface area contributed by atoms with Gasteiger partial charge in [0.05, 0.1) is 37.5 Å². The van der Waals surface area contributed by atoms with Crippen molar-refractivity contribution in [2.45, 2.75) is 0 Å². The number of anilines is 6. The molecular formula is C35H35N9O4. The topological polar surface area (TPSA) is 150 Å². The molecule has 0 aliphatic carbocycles. The number of carbonyl (C=O) groups excluding carboxylic acids is 2. The number of carbonyl (C=O) groups is 2. The number of ether oxygens (including phenoxy) is 2. The van der Waals surface area contributed by atoms with Crippen molar-refractivity contribution in [3.8, 4) is 11.3 Å². The summed E-state index contributed by atoms with van der Waals surface area (Å²) in [5.41, 5.74) is 5.73. The van der Waals surface area contributed by atoms with Gasteiger partial charge in [0, 0.05) is 60.2 Å². The molecule has 2 aromatic heterocycles. The number of fused-ring (bicyclic) bond motifs is 1. The SMILES string of the molecule is C=CC(=O)Nc1cccc(-c2nc(Nc3cccc(N4CCOCC4)c3)nc3[nH]nc(C(=O)Nc4ccc(N5CCOCC5)cc4)c23)c1. The Hall–Kier alpha value is -5.79. The van der Waals surface area contributed by atoms with E-state index in [1.807, 2.05) is 48.5 Å². The van der Waals surface area contributed by atoms with Crippen molar-refractivity contribution in [1.82, 2.24) is 20.2 Å². The average Bonchev–Trinajstić information content (AvgIpc) is 3.57. The van der Waals surface area contributed by atoms with E-state index in [9.17, 15) is 9.59 Å². The van der Waals surface area contributed by atoms with E-state index in [0.29, 0.717) is 66.0 Å². The lowest BCUT2D eigenvalue weighted by atomic mass is 10.1. The number of benzene rings is 3. The molecule has 7 rings (SSSR count). The number of H-pyrrole nitrogens is 1. The fourth-order valence-corrected chi connectivity index (χ4v) is 5.80. The molecule has 0 unspecified atom stereocenters. The molecule has 13 heteroatoms. The summed E-state index contributed by atoms with van der Waals surface area (Å²) in [6.45, 7) is 9.55. The average molecular weight is 646 g/mol. The molecule has 0 saturated carbocycles. The van der Waals surface area contributed by atoms with Gasteiger partial charge in [0.15, 0.2) is 11.3 Å². The Morgan fingerprint density at radius 3 is 2.19 bits per heavy atom. The highest BCUT2D eigenvalue weighted by Gasteiger charge is 2.23. The second kappa shape index (κ2) is 13.9. The van der Waals surface area contributed by atoms with Crippen molar-refractivity contribution in [1.29, 1.82) is 0 Å². The van der Waals surface area contributed by atoms with Crippen molar-refractivity contribution in [3.05, 3.63) is 91.1 Å². The molecule has 0 atom stereocenters. The predicted molar refractivity (Wildman–Crippen MR) is 186 cm³/mol. The standard InChI is InChI=1S/C35H35N9O4/c1-2-29(45)36-25-6-3-5-23(21-25)31-30-32(34(46)37-24-9-11-27(12-10-24)43-13-17-47-18-14-43)41-42-33(30)40-35(39-31)38-26-7-4-8-28(22-26)44-15-19-48-20-16-44/h2-12,21-22H,1,13-20H2,(H,36,45)(H,37,46)(H2,38,39,40,41,42). The molecule has 244 valence electrons. The Morgan fingerprint density at radius 1 is 0.771 bits per heavy atom. The van der Waals surface area contributed by atoms with E-state index >= 15 is 0 Å². The molecule has 48 heavy (non-hydrogen) atoms. The molecule has 4 heterocycles. The number of rotatable bonds is 9. The molecule has 2 aliphatic rings. The fraction of sp³-hybridized carbons (Fsp3) is 0.229. The molecule has 0 bridgehead atoms. The third kappa shape index (κ3) is 6.82. The summed E-state index contributed by atoms with van der Waals surface area (Å²) in [6, 6.07) is 22.9. The Labute approximate surface area is 277 Å². The van der Waals surface area contributed by atoms with Crippen LogP contribution < -0.4 is 25.8 Å². The van der Waals surface area contributed by atoms with Gasteiger partial charge in [-0.05, 0) is 60.7 Å². The Morgan fingerprint density at radius 2 is 1.46 bits per heavy atom. The van der Waals surface area contributed by atoms with Crippen LogP contribution in [0.1, 0.15) is 10.5 Å². The van der Waals surface area contributed by atoms with Crippen LogP contribution in [0.5, 0.6) is 0 Å². The van der Waals surface area contributed by atoms with Crippen molar-refractivity contribution in [2.24, 2.45) is 0 Å². The monoisotopic (exact) mass is 645 g/mol. The molecule has 0 radical (unpaired) electrons. The molecule has 0 spiro atoms. The van der Waals surface area contributed by atoms with Crippen LogP contribution in [-0.4, -0.2) is 84.6 Å². The number of nitrogens with one attached hydrogen (secondary N) is 4. The van der Waals surface area contributed by atoms with Crippen LogP contribution in [-0.2, 0) is 14.3 Å². The lowest BCUT2D eigenvalue weighted by Gasteiger charge is -2.29. The van der Waals surface area contributed by atoms with Gasteiger partial charge in [-0.3, -0.25) is 14.7 Å². The minimum atomic E-state index is -0.416. The summed E-state index contributed by atoms with van der Waals surface area (Å²) in [5.74, 6) is -0.447. The van der Waals surface area contributed by atoms with Gasteiger partial charge in [-0.1, -0.05) is 24.8 Å². The first-order valence-corrected chi connectivity index (χ1v) is 15.8. The summed E-state index contributed by atoms with van der Waals surface area (Å²) >= 11 is 0. The Kier molecular flexibility index (Phi) is 8.94. The summed E-state index contributed by atoms with van der Waals surface area (Å²) in [4.78, 5) is 39.9. The minimum absolute atomic E-state index is 0.138. The van der Waals surface area contributed by atoms with Gasteiger partial charge in [-0.2, -0.15) is 10.1 Å². The van der Waals surface area contributed by atoms with Crippen LogP contribution in [0.25, 0.3) is 22.3 Å². The van der Waals surface area contributed by atoms with E-state index in [1.165, 1.54) is 6.08 Å². The van der Waals surface area contributed by atoms with Gasteiger partial charge in [0.25, 0.3) is 5.91 Å². The van der Waals surface area contributed by atoms with Crippen LogP contribution in [0.4, 0.5) is 34.4 Å². The first kappa shape index (κ1) is 30.8. The van der Waals surface area contributed by atoms with E-state index in [2.05, 4.69) is 48.6 Å². The number of hydrogen-bond acceptors (Lipinski definition) is 10. The molecule has 2 saturated heterocycles. The van der Waals surface area contributed by atoms with E-state index in [1.54, 1.807) is 18.2 Å². The summed E-state index contributed by atoms with van der Waals surface area (Å²) in [5, 5.41) is 16.8. The zero-order valence-electron chi connectivity index (χ0n) is 26.2. The van der Waals surface area contributed by atoms with Gasteiger partial charge >= 0.3 is 0 Å². The molecule has 3 aromatic carbocycles. The van der Waals surface area contributed by atoms with Crippen LogP contribution in [0.2, 0.25) is 0 Å². The summed E-state index contributed by atoms with van der Waals surface area (Å²) < 4.78 is 11.0. The number of amides is 2. The maximum absolute atomic E-state index is 13.7. The van der Waals surface area contributed by atoms with Crippen LogP contribution in [0.3, 0.4) is 0 Å². The number of aromatic amines is 1. The normalized spacial score (nSPS) is 14.8. The fourth-order valence-electron chi connectivity index (χ4n) is 5.80. The first-order valence-electron chi connectivity index (χ1n) is 15.8. The Balaban J connectivity index is 1.22. The van der Waals surface area contributed by atoms with Gasteiger partial charge in [0.2, 0.25) is 11.9 Å². The lowest BCUT2D eigenvalue weighted by Crippen LogP contribution is -2.36. The number of nitrogens with zero attached hydrogens (tertiary/aromatic N) is 5. The number of morpholine rings is 2. The lowest BCUT2D eigenvalue weighted by molar-refractivity contribution is -0.111. The third-order valence-electron chi connectivity index (χ3n) is 8.20. The van der Waals surface area contributed by atoms with Gasteiger partial charge in [-0.15, -0.1) is 0 Å². The van der Waals surface area contributed by atoms with Gasteiger partial charge < -0.3 is 35.2 Å². The van der Waals surface area contributed by atoms with Crippen LogP contribution in [0, 0.1) is 0 Å². The van der Waals surface area contributed by atoms with Crippen molar-refractivity contribution < 1.29 is 19.1 Å². The summed E-state index contributed by atoms with van der Waals surface area (Å²) in [6.07, 6.45) is 1.20. The molecule has 2 fully saturated rings. The zero-order chi connectivity index (χ0) is 32.9. The van der Waals surface area contributed by atoms with E-state index in [0.717, 1.165) is 43.2 Å². The second-order valence-corrected chi connectivity index (χ2v) is 11.3. The van der Waals surface area contributed by atoms with E-state index < -0.39 is 5.91 Å². The predicted octanol–water partition coefficient (Wildman–Crippen LogP) is 4.81. The van der Waals surface area contributed by atoms with Crippen molar-refractivity contribution >= 4 is 57.2 Å². The maximum atomic E-state index is 13.7. The molecule has 13 nitrogen and oxygen atoms in total. The quantitative estimate of drug-likeness (QED) is 0.165. The van der Waals surface area contributed by atoms with Gasteiger partial charge in [0.1, 0.15) is 0 Å². The molecule has 2 aliphatic heterocycles. The van der Waals surface area contributed by atoms with Crippen LogP contribution >= 0.6 is 0 Å². The number of hydrogen-bond donors (Lipinski definition) is 4. The summed E-state index contributed by atoms with van der Waals surface area (Å²) in [7, 11) is 0. The van der Waals surface area contributed by atoms with Crippen LogP contribution in [0.15, 0.2) is 85.5 Å². The molecule has 4 N–H and O–H groups in total. The third-order valence-corrected chi connectivity index (χ3v) is 8.20.